The standard InChI is InChI=1S/C23H44N4P.ClH/c1-9-22-19-17-18-20-23(22)21-27(16-8)28(24(10-2)11-3,25(12-4)13-5)26(14-6)15-7;/h9,17-20H,1,10-16,21H2,2-8H3;1H/q+1;/p-1. The molecular weight excluding hydrogens is 399 g/mol. The first-order valence-corrected chi connectivity index (χ1v) is 12.8. The van der Waals surface area contributed by atoms with Gasteiger partial charge in [0.2, 0.25) is 0 Å². The Morgan fingerprint density at radius 2 is 1.07 bits per heavy atom. The molecule has 0 spiro atoms. The Labute approximate surface area is 187 Å². The molecule has 0 heterocycles. The van der Waals surface area contributed by atoms with Crippen molar-refractivity contribution in [2.45, 2.75) is 55.0 Å². The molecule has 0 fully saturated rings. The van der Waals surface area contributed by atoms with E-state index in [1.165, 1.54) is 11.1 Å². The Bertz CT molecular complexity index is 540. The Morgan fingerprint density at radius 3 is 1.41 bits per heavy atom. The Balaban J connectivity index is 0.00000784. The fourth-order valence-electron chi connectivity index (χ4n) is 4.35. The van der Waals surface area contributed by atoms with Crippen molar-refractivity contribution in [1.29, 1.82) is 0 Å². The van der Waals surface area contributed by atoms with Crippen LogP contribution in [-0.2, 0) is 6.54 Å². The van der Waals surface area contributed by atoms with Gasteiger partial charge in [0.1, 0.15) is 0 Å². The van der Waals surface area contributed by atoms with Crippen molar-refractivity contribution in [1.82, 2.24) is 18.7 Å². The van der Waals surface area contributed by atoms with E-state index in [-0.39, 0.29) is 12.4 Å². The van der Waals surface area contributed by atoms with Crippen LogP contribution in [0.25, 0.3) is 6.08 Å². The minimum atomic E-state index is -1.83. The zero-order valence-electron chi connectivity index (χ0n) is 19.9. The van der Waals surface area contributed by atoms with Crippen LogP contribution in [0.15, 0.2) is 30.8 Å². The molecule has 0 aromatic heterocycles. The van der Waals surface area contributed by atoms with Crippen molar-refractivity contribution in [3.05, 3.63) is 42.0 Å². The summed E-state index contributed by atoms with van der Waals surface area (Å²) in [6, 6.07) is 8.71. The lowest BCUT2D eigenvalue weighted by Crippen LogP contribution is -3.00. The summed E-state index contributed by atoms with van der Waals surface area (Å²) in [6.07, 6.45) is 2.00. The summed E-state index contributed by atoms with van der Waals surface area (Å²) < 4.78 is 11.0. The van der Waals surface area contributed by atoms with Crippen LogP contribution in [0, 0.1) is 0 Å². The summed E-state index contributed by atoms with van der Waals surface area (Å²) in [5, 5.41) is 0. The monoisotopic (exact) mass is 442 g/mol. The number of nitrogens with zero attached hydrogens (tertiary/aromatic N) is 4. The normalized spacial score (nSPS) is 12.1. The summed E-state index contributed by atoms with van der Waals surface area (Å²) >= 11 is 0. The number of hydrogen-bond donors (Lipinski definition) is 0. The molecule has 6 heteroatoms. The SMILES string of the molecule is C=Cc1ccccc1CN(CC)[P+](N(CC)CC)(N(CC)CC)N(CC)CC.[Cl-]. The largest absolute Gasteiger partial charge is 1.00 e. The molecule has 0 atom stereocenters. The first-order valence-electron chi connectivity index (χ1n) is 11.2. The van der Waals surface area contributed by atoms with Crippen molar-refractivity contribution in [2.24, 2.45) is 0 Å². The summed E-state index contributed by atoms with van der Waals surface area (Å²) in [4.78, 5) is 0. The lowest BCUT2D eigenvalue weighted by molar-refractivity contribution is -0.00000684. The number of rotatable bonds is 14. The molecule has 0 unspecified atom stereocenters. The molecule has 1 aromatic rings. The molecule has 4 nitrogen and oxygen atoms in total. The van der Waals surface area contributed by atoms with Gasteiger partial charge in [-0.05, 0) is 59.6 Å². The van der Waals surface area contributed by atoms with Gasteiger partial charge in [0, 0.05) is 45.8 Å². The third-order valence-electron chi connectivity index (χ3n) is 5.70. The summed E-state index contributed by atoms with van der Waals surface area (Å²) in [7, 11) is -1.83. The third kappa shape index (κ3) is 6.03. The molecule has 1 aromatic carbocycles. The fraction of sp³-hybridized carbons (Fsp3) is 0.652. The summed E-state index contributed by atoms with van der Waals surface area (Å²) in [5.74, 6) is 0. The molecule has 0 N–H and O–H groups in total. The van der Waals surface area contributed by atoms with E-state index in [1.807, 2.05) is 6.08 Å². The molecule has 29 heavy (non-hydrogen) atoms. The van der Waals surface area contributed by atoms with E-state index in [0.29, 0.717) is 0 Å². The molecule has 0 saturated carbocycles. The van der Waals surface area contributed by atoms with Gasteiger partial charge in [-0.1, -0.05) is 36.9 Å². The van der Waals surface area contributed by atoms with E-state index in [9.17, 15) is 0 Å². The molecule has 0 aliphatic heterocycles. The highest BCUT2D eigenvalue weighted by Crippen LogP contribution is 2.70. The molecule has 0 saturated heterocycles. The van der Waals surface area contributed by atoms with E-state index < -0.39 is 7.87 Å². The minimum absolute atomic E-state index is 0. The molecule has 1 rings (SSSR count). The predicted octanol–water partition coefficient (Wildman–Crippen LogP) is 2.86. The van der Waals surface area contributed by atoms with Gasteiger partial charge in [-0.3, -0.25) is 0 Å². The number of benzene rings is 1. The predicted molar refractivity (Wildman–Crippen MR) is 128 cm³/mol. The van der Waals surface area contributed by atoms with E-state index in [1.54, 1.807) is 0 Å². The first kappa shape index (κ1) is 28.5. The van der Waals surface area contributed by atoms with Gasteiger partial charge in [-0.25, -0.2) is 0 Å². The van der Waals surface area contributed by atoms with Crippen molar-refractivity contribution in [3.63, 3.8) is 0 Å². The van der Waals surface area contributed by atoms with Crippen molar-refractivity contribution < 1.29 is 12.4 Å². The maximum Gasteiger partial charge on any atom is 0.308 e. The highest BCUT2D eigenvalue weighted by molar-refractivity contribution is 7.66. The maximum atomic E-state index is 4.05. The summed E-state index contributed by atoms with van der Waals surface area (Å²) in [5.41, 5.74) is 2.62. The minimum Gasteiger partial charge on any atom is -1.00 e. The van der Waals surface area contributed by atoms with Crippen LogP contribution in [0.1, 0.15) is 59.6 Å². The van der Waals surface area contributed by atoms with E-state index in [0.717, 1.165) is 52.4 Å². The van der Waals surface area contributed by atoms with Gasteiger partial charge in [-0.15, -0.1) is 18.7 Å². The van der Waals surface area contributed by atoms with Crippen LogP contribution >= 0.6 is 7.87 Å². The molecular formula is C23H44ClN4P. The van der Waals surface area contributed by atoms with Crippen LogP contribution < -0.4 is 12.4 Å². The second-order valence-corrected chi connectivity index (χ2v) is 10.2. The van der Waals surface area contributed by atoms with E-state index in [2.05, 4.69) is 98.0 Å². The molecule has 168 valence electrons. The zero-order valence-corrected chi connectivity index (χ0v) is 21.5. The third-order valence-corrected chi connectivity index (χ3v) is 10.9. The number of hydrogen-bond acceptors (Lipinski definition) is 4. The highest BCUT2D eigenvalue weighted by atomic mass is 35.5. The average molecular weight is 443 g/mol. The first-order chi connectivity index (χ1) is 13.5. The fourth-order valence-corrected chi connectivity index (χ4v) is 9.50. The molecule has 0 radical (unpaired) electrons. The zero-order chi connectivity index (χ0) is 21.2. The van der Waals surface area contributed by atoms with Gasteiger partial charge in [-0.2, -0.15) is 0 Å². The lowest BCUT2D eigenvalue weighted by atomic mass is 10.1. The van der Waals surface area contributed by atoms with Crippen LogP contribution in [-0.4, -0.2) is 64.5 Å². The Hall–Kier alpha value is -0.480. The topological polar surface area (TPSA) is 13.0 Å². The molecule has 0 aliphatic carbocycles. The second kappa shape index (κ2) is 14.5. The van der Waals surface area contributed by atoms with Crippen LogP contribution in [0.5, 0.6) is 0 Å². The van der Waals surface area contributed by atoms with E-state index >= 15 is 0 Å². The Morgan fingerprint density at radius 1 is 0.690 bits per heavy atom. The summed E-state index contributed by atoms with van der Waals surface area (Å²) in [6.45, 7) is 28.7. The number of halogens is 1. The van der Waals surface area contributed by atoms with Gasteiger partial charge in [0.15, 0.2) is 0 Å². The molecule has 0 amide bonds. The van der Waals surface area contributed by atoms with Gasteiger partial charge in [0.25, 0.3) is 0 Å². The maximum absolute atomic E-state index is 4.05. The van der Waals surface area contributed by atoms with Crippen molar-refractivity contribution in [3.8, 4) is 0 Å². The van der Waals surface area contributed by atoms with Crippen molar-refractivity contribution >= 4 is 13.9 Å². The molecule has 0 bridgehead atoms. The van der Waals surface area contributed by atoms with Crippen LogP contribution in [0.4, 0.5) is 0 Å². The average Bonchev–Trinajstić information content (AvgIpc) is 2.74. The van der Waals surface area contributed by atoms with Gasteiger partial charge >= 0.3 is 7.87 Å². The second-order valence-electron chi connectivity index (χ2n) is 6.84. The quantitative estimate of drug-likeness (QED) is 0.411. The van der Waals surface area contributed by atoms with Crippen molar-refractivity contribution in [2.75, 3.05) is 45.8 Å². The smallest absolute Gasteiger partial charge is 0.308 e. The van der Waals surface area contributed by atoms with Crippen LogP contribution in [0.2, 0.25) is 0 Å². The molecule has 0 aliphatic rings. The lowest BCUT2D eigenvalue weighted by Gasteiger charge is -2.50. The van der Waals surface area contributed by atoms with Gasteiger partial charge < -0.3 is 12.4 Å². The van der Waals surface area contributed by atoms with Gasteiger partial charge in [0.05, 0.1) is 6.54 Å². The highest BCUT2D eigenvalue weighted by Gasteiger charge is 2.58. The Kier molecular flexibility index (Phi) is 14.3. The van der Waals surface area contributed by atoms with E-state index in [4.69, 9.17) is 0 Å². The van der Waals surface area contributed by atoms with Crippen LogP contribution in [0.3, 0.4) is 0 Å².